The summed E-state index contributed by atoms with van der Waals surface area (Å²) in [7, 11) is 0. The number of ether oxygens (including phenoxy) is 1. The molecule has 1 atom stereocenters. The summed E-state index contributed by atoms with van der Waals surface area (Å²) in [5.74, 6) is 0.933. The molecular weight excluding hydrogens is 426 g/mol. The minimum atomic E-state index is -0.222. The quantitative estimate of drug-likeness (QED) is 0.466. The highest BCUT2D eigenvalue weighted by Gasteiger charge is 2.19. The lowest BCUT2D eigenvalue weighted by Crippen LogP contribution is -2.33. The molecule has 29 heavy (non-hydrogen) atoms. The first kappa shape index (κ1) is 21.1. The Balaban J connectivity index is 1.73. The molecular formula is C25H26BrNO2. The highest BCUT2D eigenvalue weighted by molar-refractivity contribution is 9.10. The molecule has 1 amide bonds. The van der Waals surface area contributed by atoms with E-state index in [1.165, 1.54) is 5.56 Å². The first-order valence-corrected chi connectivity index (χ1v) is 10.6. The van der Waals surface area contributed by atoms with Gasteiger partial charge in [0.2, 0.25) is 0 Å². The Hall–Kier alpha value is -2.59. The zero-order valence-corrected chi connectivity index (χ0v) is 18.6. The van der Waals surface area contributed by atoms with E-state index in [9.17, 15) is 4.79 Å². The van der Waals surface area contributed by atoms with E-state index in [-0.39, 0.29) is 18.6 Å². The number of hydrogen-bond donors (Lipinski definition) is 1. The highest BCUT2D eigenvalue weighted by Crippen LogP contribution is 2.29. The first-order chi connectivity index (χ1) is 14.0. The van der Waals surface area contributed by atoms with E-state index < -0.39 is 0 Å². The third kappa shape index (κ3) is 5.48. The molecule has 0 spiro atoms. The molecule has 0 saturated carbocycles. The van der Waals surface area contributed by atoms with Crippen LogP contribution in [0, 0.1) is 6.92 Å². The number of benzene rings is 3. The Morgan fingerprint density at radius 1 is 0.966 bits per heavy atom. The SMILES string of the molecule is Cc1ccccc1[C@@H](NC(=O)COc1ccc(C(C)C)cc1Br)c1ccccc1. The molecule has 150 valence electrons. The van der Waals surface area contributed by atoms with Crippen LogP contribution in [-0.2, 0) is 4.79 Å². The molecule has 1 N–H and O–H groups in total. The lowest BCUT2D eigenvalue weighted by Gasteiger charge is -2.22. The summed E-state index contributed by atoms with van der Waals surface area (Å²) >= 11 is 3.54. The van der Waals surface area contributed by atoms with E-state index in [0.29, 0.717) is 11.7 Å². The maximum atomic E-state index is 12.7. The van der Waals surface area contributed by atoms with E-state index in [0.717, 1.165) is 21.2 Å². The molecule has 0 saturated heterocycles. The summed E-state index contributed by atoms with van der Waals surface area (Å²) in [4.78, 5) is 12.7. The van der Waals surface area contributed by atoms with Crippen LogP contribution in [0.15, 0.2) is 77.3 Å². The van der Waals surface area contributed by atoms with Crippen LogP contribution in [0.5, 0.6) is 5.75 Å². The van der Waals surface area contributed by atoms with Crippen LogP contribution in [0.4, 0.5) is 0 Å². The van der Waals surface area contributed by atoms with Crippen molar-refractivity contribution in [3.63, 3.8) is 0 Å². The molecule has 0 unspecified atom stereocenters. The van der Waals surface area contributed by atoms with Gasteiger partial charge in [0, 0.05) is 0 Å². The van der Waals surface area contributed by atoms with Gasteiger partial charge in [-0.15, -0.1) is 0 Å². The molecule has 0 fully saturated rings. The Kier molecular flexibility index (Phi) is 7.10. The van der Waals surface area contributed by atoms with Crippen LogP contribution < -0.4 is 10.1 Å². The molecule has 0 heterocycles. The number of hydrogen-bond acceptors (Lipinski definition) is 2. The normalized spacial score (nSPS) is 11.9. The standard InChI is InChI=1S/C25H26BrNO2/c1-17(2)20-13-14-23(22(26)15-20)29-16-24(28)27-25(19-10-5-4-6-11-19)21-12-8-7-9-18(21)3/h4-15,17,25H,16H2,1-3H3,(H,27,28)/t25-/m0/s1. The molecule has 0 aromatic heterocycles. The summed E-state index contributed by atoms with van der Waals surface area (Å²) in [5.41, 5.74) is 4.47. The largest absolute Gasteiger partial charge is 0.483 e. The van der Waals surface area contributed by atoms with Gasteiger partial charge < -0.3 is 10.1 Å². The van der Waals surface area contributed by atoms with E-state index in [1.807, 2.05) is 60.7 Å². The summed E-state index contributed by atoms with van der Waals surface area (Å²) in [6, 6.07) is 23.9. The molecule has 0 aliphatic rings. The van der Waals surface area contributed by atoms with Crippen molar-refractivity contribution in [2.24, 2.45) is 0 Å². The fraction of sp³-hybridized carbons (Fsp3) is 0.240. The highest BCUT2D eigenvalue weighted by atomic mass is 79.9. The van der Waals surface area contributed by atoms with Crippen LogP contribution in [0.3, 0.4) is 0 Å². The van der Waals surface area contributed by atoms with Gasteiger partial charge in [0.05, 0.1) is 10.5 Å². The van der Waals surface area contributed by atoms with E-state index in [1.54, 1.807) is 0 Å². The second-order valence-corrected chi connectivity index (χ2v) is 8.26. The third-order valence-corrected chi connectivity index (χ3v) is 5.54. The van der Waals surface area contributed by atoms with Gasteiger partial charge in [-0.05, 0) is 63.2 Å². The Bertz CT molecular complexity index is 970. The fourth-order valence-corrected chi connectivity index (χ4v) is 3.75. The minimum absolute atomic E-state index is 0.0468. The monoisotopic (exact) mass is 451 g/mol. The van der Waals surface area contributed by atoms with Gasteiger partial charge in [0.15, 0.2) is 6.61 Å². The van der Waals surface area contributed by atoms with Crippen molar-refractivity contribution in [2.45, 2.75) is 32.7 Å². The number of aryl methyl sites for hydroxylation is 1. The van der Waals surface area contributed by atoms with Crippen molar-refractivity contribution in [1.29, 1.82) is 0 Å². The van der Waals surface area contributed by atoms with Crippen molar-refractivity contribution in [3.8, 4) is 5.75 Å². The Morgan fingerprint density at radius 3 is 2.31 bits per heavy atom. The van der Waals surface area contributed by atoms with Crippen molar-refractivity contribution in [2.75, 3.05) is 6.61 Å². The Morgan fingerprint density at radius 2 is 1.66 bits per heavy atom. The van der Waals surface area contributed by atoms with Crippen molar-refractivity contribution in [3.05, 3.63) is 99.5 Å². The van der Waals surface area contributed by atoms with Gasteiger partial charge in [0.1, 0.15) is 5.75 Å². The smallest absolute Gasteiger partial charge is 0.258 e. The number of carbonyl (C=O) groups is 1. The number of halogens is 1. The number of carbonyl (C=O) groups excluding carboxylic acids is 1. The maximum Gasteiger partial charge on any atom is 0.258 e. The topological polar surface area (TPSA) is 38.3 Å². The molecule has 3 rings (SSSR count). The van der Waals surface area contributed by atoms with Gasteiger partial charge in [-0.25, -0.2) is 0 Å². The number of amides is 1. The average molecular weight is 452 g/mol. The molecule has 3 aromatic carbocycles. The van der Waals surface area contributed by atoms with Crippen molar-refractivity contribution >= 4 is 21.8 Å². The second-order valence-electron chi connectivity index (χ2n) is 7.40. The third-order valence-electron chi connectivity index (χ3n) is 4.92. The van der Waals surface area contributed by atoms with Gasteiger partial charge in [-0.3, -0.25) is 4.79 Å². The molecule has 0 bridgehead atoms. The molecule has 0 aliphatic heterocycles. The predicted molar refractivity (Wildman–Crippen MR) is 121 cm³/mol. The number of rotatable bonds is 7. The summed E-state index contributed by atoms with van der Waals surface area (Å²) in [6.45, 7) is 6.30. The van der Waals surface area contributed by atoms with Crippen LogP contribution in [0.1, 0.15) is 48.1 Å². The van der Waals surface area contributed by atoms with Crippen LogP contribution in [-0.4, -0.2) is 12.5 Å². The van der Waals surface area contributed by atoms with E-state index in [2.05, 4.69) is 54.2 Å². The van der Waals surface area contributed by atoms with Crippen molar-refractivity contribution < 1.29 is 9.53 Å². The molecule has 3 aromatic rings. The first-order valence-electron chi connectivity index (χ1n) is 9.77. The average Bonchev–Trinajstić information content (AvgIpc) is 2.72. The van der Waals surface area contributed by atoms with Gasteiger partial charge in [-0.2, -0.15) is 0 Å². The van der Waals surface area contributed by atoms with Gasteiger partial charge in [-0.1, -0.05) is 74.5 Å². The lowest BCUT2D eigenvalue weighted by molar-refractivity contribution is -0.123. The Labute approximate surface area is 181 Å². The van der Waals surface area contributed by atoms with Crippen LogP contribution in [0.2, 0.25) is 0 Å². The molecule has 0 aliphatic carbocycles. The molecule has 4 heteroatoms. The van der Waals surface area contributed by atoms with E-state index >= 15 is 0 Å². The van der Waals surface area contributed by atoms with Gasteiger partial charge in [0.25, 0.3) is 5.91 Å². The second kappa shape index (κ2) is 9.75. The minimum Gasteiger partial charge on any atom is -0.483 e. The zero-order valence-electron chi connectivity index (χ0n) is 17.0. The van der Waals surface area contributed by atoms with Crippen LogP contribution in [0.25, 0.3) is 0 Å². The summed E-state index contributed by atoms with van der Waals surface area (Å²) < 4.78 is 6.63. The molecule has 3 nitrogen and oxygen atoms in total. The molecule has 0 radical (unpaired) electrons. The van der Waals surface area contributed by atoms with E-state index in [4.69, 9.17) is 4.74 Å². The maximum absolute atomic E-state index is 12.7. The predicted octanol–water partition coefficient (Wildman–Crippen LogP) is 6.17. The summed E-state index contributed by atoms with van der Waals surface area (Å²) in [5, 5.41) is 3.13. The fourth-order valence-electron chi connectivity index (χ4n) is 3.24. The zero-order chi connectivity index (χ0) is 20.8. The summed E-state index contributed by atoms with van der Waals surface area (Å²) in [6.07, 6.45) is 0. The lowest BCUT2D eigenvalue weighted by atomic mass is 9.95. The number of nitrogens with one attached hydrogen (secondary N) is 1. The van der Waals surface area contributed by atoms with Gasteiger partial charge >= 0.3 is 0 Å². The van der Waals surface area contributed by atoms with Crippen LogP contribution >= 0.6 is 15.9 Å². The van der Waals surface area contributed by atoms with Crippen molar-refractivity contribution in [1.82, 2.24) is 5.32 Å².